The van der Waals surface area contributed by atoms with Crippen molar-refractivity contribution in [1.82, 2.24) is 4.90 Å². The highest BCUT2D eigenvalue weighted by molar-refractivity contribution is 6.32. The number of halogens is 1. The molecule has 1 atom stereocenters. The summed E-state index contributed by atoms with van der Waals surface area (Å²) in [5.74, 6) is 0.811. The van der Waals surface area contributed by atoms with Crippen molar-refractivity contribution in [2.75, 3.05) is 19.6 Å². The van der Waals surface area contributed by atoms with Crippen LogP contribution >= 0.6 is 11.6 Å². The first-order chi connectivity index (χ1) is 9.70. The van der Waals surface area contributed by atoms with E-state index in [1.807, 2.05) is 12.1 Å². The summed E-state index contributed by atoms with van der Waals surface area (Å²) in [4.78, 5) is 2.46. The molecule has 1 aliphatic carbocycles. The van der Waals surface area contributed by atoms with E-state index in [1.165, 1.54) is 31.5 Å². The molecule has 1 saturated heterocycles. The van der Waals surface area contributed by atoms with Gasteiger partial charge < -0.3 is 15.4 Å². The van der Waals surface area contributed by atoms with E-state index < -0.39 is 0 Å². The molecule has 1 heterocycles. The Hall–Kier alpha value is -0.770. The molecule has 1 aromatic rings. The van der Waals surface area contributed by atoms with E-state index in [4.69, 9.17) is 22.1 Å². The van der Waals surface area contributed by atoms with Gasteiger partial charge in [0.1, 0.15) is 5.75 Å². The molecule has 0 bridgehead atoms. The number of nitrogens with zero attached hydrogens (tertiary/aromatic N) is 1. The first-order valence-corrected chi connectivity index (χ1v) is 8.01. The fraction of sp³-hybridized carbons (Fsp3) is 0.625. The van der Waals surface area contributed by atoms with Gasteiger partial charge in [-0.1, -0.05) is 17.7 Å². The van der Waals surface area contributed by atoms with Crippen molar-refractivity contribution in [3.05, 3.63) is 28.8 Å². The minimum Gasteiger partial charge on any atom is -0.489 e. The van der Waals surface area contributed by atoms with Crippen molar-refractivity contribution in [3.8, 4) is 5.75 Å². The van der Waals surface area contributed by atoms with Gasteiger partial charge in [-0.2, -0.15) is 0 Å². The van der Waals surface area contributed by atoms with Gasteiger partial charge in [-0.15, -0.1) is 0 Å². The van der Waals surface area contributed by atoms with Gasteiger partial charge >= 0.3 is 0 Å². The third-order valence-electron chi connectivity index (χ3n) is 4.00. The van der Waals surface area contributed by atoms with Crippen LogP contribution in [0, 0.1) is 0 Å². The predicted octanol–water partition coefficient (Wildman–Crippen LogP) is 2.85. The smallest absolute Gasteiger partial charge is 0.138 e. The van der Waals surface area contributed by atoms with Gasteiger partial charge in [-0.25, -0.2) is 0 Å². The molecule has 1 saturated carbocycles. The molecule has 1 aliphatic heterocycles. The molecular weight excluding hydrogens is 272 g/mol. The van der Waals surface area contributed by atoms with E-state index in [1.54, 1.807) is 0 Å². The van der Waals surface area contributed by atoms with Crippen LogP contribution in [0.25, 0.3) is 0 Å². The zero-order valence-corrected chi connectivity index (χ0v) is 12.6. The van der Waals surface area contributed by atoms with E-state index in [0.29, 0.717) is 11.1 Å². The summed E-state index contributed by atoms with van der Waals surface area (Å²) in [6, 6.07) is 6.26. The van der Waals surface area contributed by atoms with Crippen LogP contribution in [-0.2, 0) is 6.42 Å². The number of ether oxygens (including phenoxy) is 1. The minimum absolute atomic E-state index is 0.180. The second-order valence-corrected chi connectivity index (χ2v) is 6.46. The van der Waals surface area contributed by atoms with Crippen molar-refractivity contribution >= 4 is 11.6 Å². The summed E-state index contributed by atoms with van der Waals surface area (Å²) in [6.07, 6.45) is 6.19. The molecule has 2 aliphatic rings. The van der Waals surface area contributed by atoms with Gasteiger partial charge in [0, 0.05) is 12.6 Å². The van der Waals surface area contributed by atoms with Crippen molar-refractivity contribution in [1.29, 1.82) is 0 Å². The van der Waals surface area contributed by atoms with Crippen LogP contribution in [0.2, 0.25) is 5.02 Å². The minimum atomic E-state index is 0.180. The summed E-state index contributed by atoms with van der Waals surface area (Å²) in [5, 5.41) is 0.711. The number of nitrogens with two attached hydrogens (primary N) is 1. The molecule has 2 N–H and O–H groups in total. The molecule has 4 heteroatoms. The third-order valence-corrected chi connectivity index (χ3v) is 4.30. The predicted molar refractivity (Wildman–Crippen MR) is 82.5 cm³/mol. The second kappa shape index (κ2) is 6.33. The molecule has 3 nitrogen and oxygen atoms in total. The summed E-state index contributed by atoms with van der Waals surface area (Å²) in [5.41, 5.74) is 7.45. The Labute approximate surface area is 126 Å². The van der Waals surface area contributed by atoms with Crippen LogP contribution in [0.1, 0.15) is 31.2 Å². The van der Waals surface area contributed by atoms with Crippen LogP contribution in [0.5, 0.6) is 5.75 Å². The van der Waals surface area contributed by atoms with E-state index in [9.17, 15) is 0 Å². The molecule has 0 unspecified atom stereocenters. The maximum absolute atomic E-state index is 6.28. The molecule has 2 fully saturated rings. The first-order valence-electron chi connectivity index (χ1n) is 7.64. The SMILES string of the molecule is N[C@@H](Cc1ccc(OC2CC2)c(Cl)c1)CN1CCCC1. The van der Waals surface area contributed by atoms with E-state index in [-0.39, 0.29) is 6.04 Å². The van der Waals surface area contributed by atoms with Crippen molar-refractivity contribution in [2.24, 2.45) is 5.73 Å². The Morgan fingerprint density at radius 1 is 1.30 bits per heavy atom. The van der Waals surface area contributed by atoms with Crippen molar-refractivity contribution in [3.63, 3.8) is 0 Å². The van der Waals surface area contributed by atoms with Gasteiger partial charge in [0.25, 0.3) is 0 Å². The number of hydrogen-bond acceptors (Lipinski definition) is 3. The number of likely N-dealkylation sites (tertiary alicyclic amines) is 1. The van der Waals surface area contributed by atoms with Gasteiger partial charge in [0.15, 0.2) is 0 Å². The van der Waals surface area contributed by atoms with Crippen molar-refractivity contribution in [2.45, 2.75) is 44.2 Å². The van der Waals surface area contributed by atoms with Gasteiger partial charge in [-0.3, -0.25) is 0 Å². The van der Waals surface area contributed by atoms with Crippen molar-refractivity contribution < 1.29 is 4.74 Å². The zero-order chi connectivity index (χ0) is 13.9. The average Bonchev–Trinajstić information content (AvgIpc) is 3.08. The molecule has 3 rings (SSSR count). The Morgan fingerprint density at radius 3 is 2.70 bits per heavy atom. The van der Waals surface area contributed by atoms with Crippen LogP contribution in [0.15, 0.2) is 18.2 Å². The van der Waals surface area contributed by atoms with E-state index >= 15 is 0 Å². The summed E-state index contributed by atoms with van der Waals surface area (Å²) < 4.78 is 5.75. The number of rotatable bonds is 6. The molecular formula is C16H23ClN2O. The Balaban J connectivity index is 1.54. The summed E-state index contributed by atoms with van der Waals surface area (Å²) in [6.45, 7) is 3.38. The fourth-order valence-corrected chi connectivity index (χ4v) is 3.04. The Bertz CT molecular complexity index is 456. The van der Waals surface area contributed by atoms with Gasteiger partial charge in [-0.05, 0) is 62.9 Å². The van der Waals surface area contributed by atoms with Crippen LogP contribution in [0.3, 0.4) is 0 Å². The van der Waals surface area contributed by atoms with E-state index in [2.05, 4.69) is 11.0 Å². The lowest BCUT2D eigenvalue weighted by Crippen LogP contribution is -2.37. The third kappa shape index (κ3) is 3.87. The zero-order valence-electron chi connectivity index (χ0n) is 11.9. The largest absolute Gasteiger partial charge is 0.489 e. The monoisotopic (exact) mass is 294 g/mol. The average molecular weight is 295 g/mol. The lowest BCUT2D eigenvalue weighted by atomic mass is 10.1. The first kappa shape index (κ1) is 14.2. The summed E-state index contributed by atoms with van der Waals surface area (Å²) in [7, 11) is 0. The highest BCUT2D eigenvalue weighted by Crippen LogP contribution is 2.32. The number of benzene rings is 1. The fourth-order valence-electron chi connectivity index (χ4n) is 2.80. The standard InChI is InChI=1S/C16H23ClN2O/c17-15-10-12(3-6-16(15)20-14-4-5-14)9-13(18)11-19-7-1-2-8-19/h3,6,10,13-14H,1-2,4-5,7-9,11,18H2/t13-/m0/s1. The quantitative estimate of drug-likeness (QED) is 0.877. The normalized spacial score (nSPS) is 21.1. The van der Waals surface area contributed by atoms with Gasteiger partial charge in [0.05, 0.1) is 11.1 Å². The highest BCUT2D eigenvalue weighted by atomic mass is 35.5. The van der Waals surface area contributed by atoms with Crippen LogP contribution in [0.4, 0.5) is 0 Å². The number of hydrogen-bond donors (Lipinski definition) is 1. The molecule has 0 amide bonds. The molecule has 0 aromatic heterocycles. The topological polar surface area (TPSA) is 38.5 Å². The maximum Gasteiger partial charge on any atom is 0.138 e. The maximum atomic E-state index is 6.28. The Kier molecular flexibility index (Phi) is 4.49. The second-order valence-electron chi connectivity index (χ2n) is 6.05. The van der Waals surface area contributed by atoms with Crippen LogP contribution < -0.4 is 10.5 Å². The highest BCUT2D eigenvalue weighted by Gasteiger charge is 2.24. The lowest BCUT2D eigenvalue weighted by Gasteiger charge is -2.20. The van der Waals surface area contributed by atoms with Gasteiger partial charge in [0.2, 0.25) is 0 Å². The molecule has 110 valence electrons. The molecule has 0 spiro atoms. The van der Waals surface area contributed by atoms with E-state index in [0.717, 1.165) is 31.6 Å². The molecule has 1 aromatic carbocycles. The lowest BCUT2D eigenvalue weighted by molar-refractivity contribution is 0.303. The summed E-state index contributed by atoms with van der Waals surface area (Å²) >= 11 is 6.28. The molecule has 0 radical (unpaired) electrons. The Morgan fingerprint density at radius 2 is 2.05 bits per heavy atom. The van der Waals surface area contributed by atoms with Crippen LogP contribution in [-0.4, -0.2) is 36.7 Å². The molecule has 20 heavy (non-hydrogen) atoms.